The van der Waals surface area contributed by atoms with Gasteiger partial charge in [0.15, 0.2) is 11.5 Å². The van der Waals surface area contributed by atoms with Crippen LogP contribution < -0.4 is 14.8 Å². The molecule has 4 nitrogen and oxygen atoms in total. The van der Waals surface area contributed by atoms with Gasteiger partial charge in [-0.05, 0) is 30.0 Å². The van der Waals surface area contributed by atoms with Gasteiger partial charge in [0.05, 0.1) is 13.2 Å². The first-order valence-electron chi connectivity index (χ1n) is 7.19. The first kappa shape index (κ1) is 18.6. The average Bonchev–Trinajstić information content (AvgIpc) is 2.43. The smallest absolute Gasteiger partial charge is 0.387 e. The maximum atomic E-state index is 12.3. The molecule has 2 unspecified atom stereocenters. The van der Waals surface area contributed by atoms with E-state index < -0.39 is 12.7 Å². The molecule has 2 atom stereocenters. The normalized spacial score (nSPS) is 14.8. The minimum absolute atomic E-state index is 0.00294. The van der Waals surface area contributed by atoms with Gasteiger partial charge in [0.1, 0.15) is 0 Å². The van der Waals surface area contributed by atoms with Gasteiger partial charge in [-0.2, -0.15) is 8.78 Å². The van der Waals surface area contributed by atoms with Crippen molar-refractivity contribution in [2.75, 3.05) is 13.7 Å². The summed E-state index contributed by atoms with van der Waals surface area (Å²) in [6.45, 7) is 5.36. The minimum Gasteiger partial charge on any atom is -0.493 e. The molecule has 1 aromatic carbocycles. The molecule has 0 aliphatic heterocycles. The topological polar surface area (TPSA) is 50.7 Å². The Morgan fingerprint density at radius 3 is 2.36 bits per heavy atom. The summed E-state index contributed by atoms with van der Waals surface area (Å²) in [6.07, 6.45) is -0.488. The van der Waals surface area contributed by atoms with Crippen LogP contribution in [0.2, 0.25) is 0 Å². The predicted molar refractivity (Wildman–Crippen MR) is 81.5 cm³/mol. The number of alkyl halides is 2. The number of halogens is 2. The minimum atomic E-state index is -2.89. The van der Waals surface area contributed by atoms with Crippen molar-refractivity contribution in [2.24, 2.45) is 5.41 Å². The summed E-state index contributed by atoms with van der Waals surface area (Å²) in [6, 6.07) is 4.74. The van der Waals surface area contributed by atoms with Crippen LogP contribution in [-0.2, 0) is 0 Å². The number of hydrogen-bond donors (Lipinski definition) is 2. The predicted octanol–water partition coefficient (Wildman–Crippen LogP) is 3.35. The third kappa shape index (κ3) is 5.42. The van der Waals surface area contributed by atoms with E-state index in [4.69, 9.17) is 4.74 Å². The second-order valence-electron chi connectivity index (χ2n) is 6.30. The Kier molecular flexibility index (Phi) is 6.56. The lowest BCUT2D eigenvalue weighted by Gasteiger charge is -2.27. The first-order chi connectivity index (χ1) is 10.1. The van der Waals surface area contributed by atoms with Gasteiger partial charge in [-0.25, -0.2) is 0 Å². The van der Waals surface area contributed by atoms with Gasteiger partial charge in [-0.3, -0.25) is 0 Å². The van der Waals surface area contributed by atoms with Crippen LogP contribution in [-0.4, -0.2) is 31.5 Å². The van der Waals surface area contributed by atoms with Crippen molar-refractivity contribution >= 4 is 0 Å². The molecular formula is C16H25F2NO3. The van der Waals surface area contributed by atoms with E-state index in [2.05, 4.69) is 10.1 Å². The molecule has 0 fully saturated rings. The van der Waals surface area contributed by atoms with Crippen LogP contribution in [0.4, 0.5) is 8.78 Å². The summed E-state index contributed by atoms with van der Waals surface area (Å²) >= 11 is 0. The summed E-state index contributed by atoms with van der Waals surface area (Å²) in [7, 11) is 1.40. The third-order valence-electron chi connectivity index (χ3n) is 3.52. The monoisotopic (exact) mass is 317 g/mol. The molecule has 2 N–H and O–H groups in total. The molecule has 0 saturated carbocycles. The van der Waals surface area contributed by atoms with Crippen molar-refractivity contribution in [1.29, 1.82) is 0 Å². The fourth-order valence-electron chi connectivity index (χ4n) is 1.86. The van der Waals surface area contributed by atoms with E-state index in [1.54, 1.807) is 12.1 Å². The number of ether oxygens (including phenoxy) is 2. The quantitative estimate of drug-likeness (QED) is 0.810. The standard InChI is InChI=1S/C16H25F2NO3/c1-10(19-9-14(20)16(2,3)4)11-6-7-12(22-15(17)18)13(8-11)21-5/h6-8,10,14-15,19-20H,9H2,1-5H3. The number of benzene rings is 1. The van der Waals surface area contributed by atoms with Crippen molar-refractivity contribution in [1.82, 2.24) is 5.32 Å². The van der Waals surface area contributed by atoms with Crippen LogP contribution in [0.3, 0.4) is 0 Å². The van der Waals surface area contributed by atoms with Crippen molar-refractivity contribution in [3.63, 3.8) is 0 Å². The summed E-state index contributed by atoms with van der Waals surface area (Å²) in [4.78, 5) is 0. The molecule has 1 rings (SSSR count). The number of aliphatic hydroxyl groups excluding tert-OH is 1. The van der Waals surface area contributed by atoms with Crippen LogP contribution in [0.1, 0.15) is 39.3 Å². The van der Waals surface area contributed by atoms with Gasteiger partial charge in [0, 0.05) is 12.6 Å². The van der Waals surface area contributed by atoms with Gasteiger partial charge in [0.2, 0.25) is 0 Å². The van der Waals surface area contributed by atoms with E-state index in [0.717, 1.165) is 5.56 Å². The molecular weight excluding hydrogens is 292 g/mol. The zero-order valence-electron chi connectivity index (χ0n) is 13.7. The van der Waals surface area contributed by atoms with E-state index in [1.807, 2.05) is 27.7 Å². The van der Waals surface area contributed by atoms with Gasteiger partial charge in [-0.15, -0.1) is 0 Å². The molecule has 22 heavy (non-hydrogen) atoms. The van der Waals surface area contributed by atoms with Crippen molar-refractivity contribution in [2.45, 2.75) is 46.5 Å². The van der Waals surface area contributed by atoms with E-state index in [0.29, 0.717) is 6.54 Å². The molecule has 0 radical (unpaired) electrons. The van der Waals surface area contributed by atoms with Crippen molar-refractivity contribution < 1.29 is 23.4 Å². The Morgan fingerprint density at radius 2 is 1.86 bits per heavy atom. The summed E-state index contributed by atoms with van der Waals surface area (Å²) in [5, 5.41) is 13.3. The van der Waals surface area contributed by atoms with Gasteiger partial charge in [0.25, 0.3) is 0 Å². The molecule has 0 aliphatic carbocycles. The molecule has 0 spiro atoms. The lowest BCUT2D eigenvalue weighted by molar-refractivity contribution is -0.0512. The average molecular weight is 317 g/mol. The van der Waals surface area contributed by atoms with Crippen LogP contribution >= 0.6 is 0 Å². The molecule has 0 aromatic heterocycles. The molecule has 1 aromatic rings. The van der Waals surface area contributed by atoms with Crippen molar-refractivity contribution in [3.8, 4) is 11.5 Å². The molecule has 0 heterocycles. The molecule has 0 bridgehead atoms. The van der Waals surface area contributed by atoms with E-state index in [9.17, 15) is 13.9 Å². The Bertz CT molecular complexity index is 475. The number of methoxy groups -OCH3 is 1. The lowest BCUT2D eigenvalue weighted by Crippen LogP contribution is -2.37. The SMILES string of the molecule is COc1cc(C(C)NCC(O)C(C)(C)C)ccc1OC(F)F. The maximum Gasteiger partial charge on any atom is 0.387 e. The number of rotatable bonds is 7. The zero-order chi connectivity index (χ0) is 16.9. The highest BCUT2D eigenvalue weighted by Gasteiger charge is 2.22. The van der Waals surface area contributed by atoms with E-state index >= 15 is 0 Å². The second kappa shape index (κ2) is 7.74. The fraction of sp³-hybridized carbons (Fsp3) is 0.625. The van der Waals surface area contributed by atoms with E-state index in [-0.39, 0.29) is 23.0 Å². The number of hydrogen-bond acceptors (Lipinski definition) is 4. The van der Waals surface area contributed by atoms with Gasteiger partial charge < -0.3 is 19.9 Å². The van der Waals surface area contributed by atoms with E-state index in [1.165, 1.54) is 13.2 Å². The number of nitrogens with one attached hydrogen (secondary N) is 1. The fourth-order valence-corrected chi connectivity index (χ4v) is 1.86. The summed E-state index contributed by atoms with van der Waals surface area (Å²) < 4.78 is 34.1. The first-order valence-corrected chi connectivity index (χ1v) is 7.19. The Labute approximate surface area is 130 Å². The highest BCUT2D eigenvalue weighted by molar-refractivity contribution is 5.43. The lowest BCUT2D eigenvalue weighted by atomic mass is 9.89. The third-order valence-corrected chi connectivity index (χ3v) is 3.52. The van der Waals surface area contributed by atoms with Gasteiger partial charge in [-0.1, -0.05) is 26.8 Å². The van der Waals surface area contributed by atoms with Crippen LogP contribution in [0, 0.1) is 5.41 Å². The molecule has 0 amide bonds. The highest BCUT2D eigenvalue weighted by atomic mass is 19.3. The van der Waals surface area contributed by atoms with Crippen LogP contribution in [0.25, 0.3) is 0 Å². The molecule has 126 valence electrons. The zero-order valence-corrected chi connectivity index (χ0v) is 13.7. The van der Waals surface area contributed by atoms with Gasteiger partial charge >= 0.3 is 6.61 Å². The summed E-state index contributed by atoms with van der Waals surface area (Å²) in [5.74, 6) is 0.256. The van der Waals surface area contributed by atoms with Crippen molar-refractivity contribution in [3.05, 3.63) is 23.8 Å². The highest BCUT2D eigenvalue weighted by Crippen LogP contribution is 2.31. The molecule has 6 heteroatoms. The summed E-state index contributed by atoms with van der Waals surface area (Å²) in [5.41, 5.74) is 0.652. The Morgan fingerprint density at radius 1 is 1.23 bits per heavy atom. The molecule has 0 saturated heterocycles. The largest absolute Gasteiger partial charge is 0.493 e. The maximum absolute atomic E-state index is 12.3. The second-order valence-corrected chi connectivity index (χ2v) is 6.30. The van der Waals surface area contributed by atoms with Crippen LogP contribution in [0.15, 0.2) is 18.2 Å². The Hall–Kier alpha value is -1.40. The molecule has 0 aliphatic rings. The number of aliphatic hydroxyl groups is 1. The van der Waals surface area contributed by atoms with Crippen LogP contribution in [0.5, 0.6) is 11.5 Å². The Balaban J connectivity index is 2.75.